The Labute approximate surface area is 220 Å². The third-order valence-corrected chi connectivity index (χ3v) is 7.66. The van der Waals surface area contributed by atoms with Gasteiger partial charge in [0.05, 0.1) is 32.8 Å². The lowest BCUT2D eigenvalue weighted by atomic mass is 9.62. The Morgan fingerprint density at radius 2 is 1.76 bits per heavy atom. The maximum atomic E-state index is 11.1. The largest absolute Gasteiger partial charge is 0.425 e. The first-order valence-corrected chi connectivity index (χ1v) is 13.1. The Kier molecular flexibility index (Phi) is 12.8. The number of aliphatic hydroxyl groups excluding tert-OH is 1. The third-order valence-electron chi connectivity index (χ3n) is 7.66. The van der Waals surface area contributed by atoms with E-state index >= 15 is 0 Å². The minimum Gasteiger partial charge on any atom is -0.425 e. The Morgan fingerprint density at radius 1 is 1.11 bits per heavy atom. The zero-order valence-electron chi connectivity index (χ0n) is 22.7. The highest BCUT2D eigenvalue weighted by Gasteiger charge is 2.42. The fourth-order valence-corrected chi connectivity index (χ4v) is 5.55. The standard InChI is InChI=1S/C27H40N2O5.CH4O2/c1-16-5-11-23(24-15-32-18(3)6-12-22(16)24)19(4)27(31)33-14-20-7-9-21(10-8-20)26(29)34-25(28)13-17(2)30;1-3-2/h7-10,16,18-19,22-24,27-29,31H,5-6,11-15H2,1-4H3;2H,1H3/t16-,18?,19?,22?,23?,24?,27?;/m1./s1. The summed E-state index contributed by atoms with van der Waals surface area (Å²) in [5, 5.41) is 33.5. The van der Waals surface area contributed by atoms with E-state index < -0.39 is 6.29 Å². The Morgan fingerprint density at radius 3 is 2.38 bits per heavy atom. The van der Waals surface area contributed by atoms with Gasteiger partial charge in [0, 0.05) is 11.5 Å². The highest BCUT2D eigenvalue weighted by atomic mass is 17.1. The number of nitrogens with one attached hydrogen (secondary N) is 2. The van der Waals surface area contributed by atoms with Crippen molar-refractivity contribution in [3.05, 3.63) is 35.4 Å². The Bertz CT molecular complexity index is 876. The maximum Gasteiger partial charge on any atom is 0.220 e. The van der Waals surface area contributed by atoms with Crippen LogP contribution in [0.25, 0.3) is 0 Å². The van der Waals surface area contributed by atoms with Crippen molar-refractivity contribution in [1.82, 2.24) is 0 Å². The van der Waals surface area contributed by atoms with Crippen LogP contribution in [0.3, 0.4) is 0 Å². The molecule has 2 fully saturated rings. The molecular formula is C28H44N2O7. The average molecular weight is 521 g/mol. The quantitative estimate of drug-likeness (QED) is 0.124. The second kappa shape index (κ2) is 15.3. The number of carbonyl (C=O) groups is 1. The molecule has 9 heteroatoms. The van der Waals surface area contributed by atoms with Crippen LogP contribution in [0.1, 0.15) is 70.9 Å². The van der Waals surface area contributed by atoms with Gasteiger partial charge in [0.15, 0.2) is 12.2 Å². The van der Waals surface area contributed by atoms with E-state index in [1.54, 1.807) is 12.1 Å². The molecule has 1 aromatic rings. The van der Waals surface area contributed by atoms with Crippen molar-refractivity contribution in [3.8, 4) is 0 Å². The van der Waals surface area contributed by atoms with Crippen LogP contribution in [0.4, 0.5) is 0 Å². The fourth-order valence-electron chi connectivity index (χ4n) is 5.55. The van der Waals surface area contributed by atoms with Crippen molar-refractivity contribution < 1.29 is 34.3 Å². The molecule has 1 heterocycles. The molecule has 1 saturated carbocycles. The Balaban J connectivity index is 0.00000153. The summed E-state index contributed by atoms with van der Waals surface area (Å²) in [7, 11) is 1.18. The lowest BCUT2D eigenvalue weighted by Crippen LogP contribution is -2.42. The summed E-state index contributed by atoms with van der Waals surface area (Å²) in [4.78, 5) is 14.3. The van der Waals surface area contributed by atoms with E-state index in [4.69, 9.17) is 30.3 Å². The zero-order chi connectivity index (χ0) is 27.5. The van der Waals surface area contributed by atoms with Gasteiger partial charge in [0.1, 0.15) is 5.78 Å². The molecule has 0 aromatic heterocycles. The average Bonchev–Trinajstić information content (AvgIpc) is 3.05. The molecule has 0 amide bonds. The van der Waals surface area contributed by atoms with E-state index in [2.05, 4.69) is 25.7 Å². The van der Waals surface area contributed by atoms with Crippen LogP contribution in [-0.4, -0.2) is 54.1 Å². The number of ketones is 1. The Hall–Kier alpha value is -2.17. The molecule has 9 nitrogen and oxygen atoms in total. The number of ether oxygens (including phenoxy) is 3. The lowest BCUT2D eigenvalue weighted by Gasteiger charge is -2.44. The smallest absolute Gasteiger partial charge is 0.220 e. The molecule has 37 heavy (non-hydrogen) atoms. The molecule has 1 aliphatic carbocycles. The van der Waals surface area contributed by atoms with Crippen LogP contribution in [0.5, 0.6) is 0 Å². The van der Waals surface area contributed by atoms with Crippen LogP contribution in [0, 0.1) is 40.4 Å². The molecule has 1 aliphatic heterocycles. The monoisotopic (exact) mass is 520 g/mol. The first-order chi connectivity index (χ1) is 17.6. The van der Waals surface area contributed by atoms with Crippen LogP contribution < -0.4 is 0 Å². The van der Waals surface area contributed by atoms with Gasteiger partial charge in [-0.1, -0.05) is 32.4 Å². The molecule has 208 valence electrons. The normalized spacial score (nSPS) is 26.9. The first kappa shape index (κ1) is 31.1. The van der Waals surface area contributed by atoms with E-state index in [1.807, 2.05) is 12.1 Å². The van der Waals surface area contributed by atoms with E-state index in [9.17, 15) is 9.90 Å². The third kappa shape index (κ3) is 9.57. The van der Waals surface area contributed by atoms with Gasteiger partial charge in [0.2, 0.25) is 5.90 Å². The first-order valence-electron chi connectivity index (χ1n) is 13.1. The number of Topliss-reactive ketones (excluding diaryl/α,β-unsaturated/α-hetero) is 1. The molecule has 4 N–H and O–H groups in total. The van der Waals surface area contributed by atoms with E-state index in [0.717, 1.165) is 25.0 Å². The SMILES string of the molecule is CC(=O)CC(=N)OC(=N)c1ccc(COC(O)C(C)C2CC[C@@H](C)C3CCC(C)OCC23)cc1.COO. The molecular weight excluding hydrogens is 476 g/mol. The van der Waals surface area contributed by atoms with Crippen LogP contribution in [-0.2, 0) is 30.5 Å². The van der Waals surface area contributed by atoms with Gasteiger partial charge in [0.25, 0.3) is 0 Å². The van der Waals surface area contributed by atoms with Crippen molar-refractivity contribution in [2.75, 3.05) is 13.7 Å². The zero-order valence-corrected chi connectivity index (χ0v) is 22.7. The molecule has 3 rings (SSSR count). The summed E-state index contributed by atoms with van der Waals surface area (Å²) in [5.41, 5.74) is 1.39. The highest BCUT2D eigenvalue weighted by Crippen LogP contribution is 2.46. The van der Waals surface area contributed by atoms with Gasteiger partial charge in [-0.2, -0.15) is 0 Å². The van der Waals surface area contributed by atoms with Gasteiger partial charge in [-0.25, -0.2) is 4.89 Å². The number of hydrogen-bond acceptors (Lipinski definition) is 9. The fraction of sp³-hybridized carbons (Fsp3) is 0.679. The van der Waals surface area contributed by atoms with Gasteiger partial charge >= 0.3 is 0 Å². The molecule has 0 radical (unpaired) electrons. The minimum atomic E-state index is -0.854. The molecule has 7 atom stereocenters. The second-order valence-electron chi connectivity index (χ2n) is 10.4. The number of benzene rings is 1. The van der Waals surface area contributed by atoms with Gasteiger partial charge in [-0.3, -0.25) is 20.9 Å². The number of aliphatic hydroxyl groups is 1. The van der Waals surface area contributed by atoms with Gasteiger partial charge < -0.3 is 19.3 Å². The topological polar surface area (TPSA) is 142 Å². The van der Waals surface area contributed by atoms with Crippen molar-refractivity contribution in [3.63, 3.8) is 0 Å². The maximum absolute atomic E-state index is 11.1. The molecule has 0 spiro atoms. The summed E-state index contributed by atoms with van der Waals surface area (Å²) >= 11 is 0. The van der Waals surface area contributed by atoms with E-state index in [-0.39, 0.29) is 36.5 Å². The summed E-state index contributed by atoms with van der Waals surface area (Å²) in [6.45, 7) is 9.04. The van der Waals surface area contributed by atoms with Gasteiger partial charge in [-0.05, 0) is 74.5 Å². The predicted octanol–water partition coefficient (Wildman–Crippen LogP) is 5.04. The molecule has 1 aromatic carbocycles. The summed E-state index contributed by atoms with van der Waals surface area (Å²) in [6.07, 6.45) is 3.93. The minimum absolute atomic E-state index is 0.0187. The molecule has 2 aliphatic rings. The van der Waals surface area contributed by atoms with Crippen molar-refractivity contribution in [2.45, 2.75) is 78.8 Å². The number of carbonyl (C=O) groups excluding carboxylic acids is 1. The molecule has 0 bridgehead atoms. The number of fused-ring (bicyclic) bond motifs is 1. The molecule has 1 saturated heterocycles. The van der Waals surface area contributed by atoms with E-state index in [1.165, 1.54) is 26.9 Å². The van der Waals surface area contributed by atoms with Crippen LogP contribution >= 0.6 is 0 Å². The molecule has 6 unspecified atom stereocenters. The van der Waals surface area contributed by atoms with Crippen LogP contribution in [0.2, 0.25) is 0 Å². The summed E-state index contributed by atoms with van der Waals surface area (Å²) in [5.74, 6) is 1.62. The summed E-state index contributed by atoms with van der Waals surface area (Å²) < 4.78 is 17.1. The predicted molar refractivity (Wildman–Crippen MR) is 140 cm³/mol. The van der Waals surface area contributed by atoms with E-state index in [0.29, 0.717) is 35.3 Å². The van der Waals surface area contributed by atoms with Crippen molar-refractivity contribution in [1.29, 1.82) is 10.8 Å². The number of hydrogen-bond donors (Lipinski definition) is 4. The highest BCUT2D eigenvalue weighted by molar-refractivity contribution is 6.04. The summed E-state index contributed by atoms with van der Waals surface area (Å²) in [6, 6.07) is 7.07. The van der Waals surface area contributed by atoms with Crippen LogP contribution in [0.15, 0.2) is 24.3 Å². The second-order valence-corrected chi connectivity index (χ2v) is 10.4. The lowest BCUT2D eigenvalue weighted by molar-refractivity contribution is -0.214. The number of rotatable bonds is 8. The van der Waals surface area contributed by atoms with Gasteiger partial charge in [-0.15, -0.1) is 0 Å². The van der Waals surface area contributed by atoms with Crippen molar-refractivity contribution >= 4 is 17.6 Å². The van der Waals surface area contributed by atoms with Crippen molar-refractivity contribution in [2.24, 2.45) is 29.6 Å².